The summed E-state index contributed by atoms with van der Waals surface area (Å²) in [7, 11) is 0. The zero-order valence-electron chi connectivity index (χ0n) is 11.3. The maximum absolute atomic E-state index is 4.43. The molecule has 1 aromatic heterocycles. The first kappa shape index (κ1) is 12.5. The van der Waals surface area contributed by atoms with Crippen LogP contribution in [-0.4, -0.2) is 15.6 Å². The van der Waals surface area contributed by atoms with Crippen molar-refractivity contribution >= 4 is 5.95 Å². The standard InChI is InChI=1S/C14H25N3/c1-4-12-6-5-7-13(10-12)17-9-8-15-14(17)16-11(2)3/h8-9,11-13H,4-7,10H2,1-3H3,(H,15,16). The van der Waals surface area contributed by atoms with Gasteiger partial charge in [-0.1, -0.05) is 26.2 Å². The molecule has 1 N–H and O–H groups in total. The second-order valence-corrected chi connectivity index (χ2v) is 5.55. The molecule has 2 rings (SSSR count). The molecule has 2 unspecified atom stereocenters. The van der Waals surface area contributed by atoms with Crippen LogP contribution in [0.1, 0.15) is 58.9 Å². The monoisotopic (exact) mass is 235 g/mol. The molecule has 0 amide bonds. The summed E-state index contributed by atoms with van der Waals surface area (Å²) in [5, 5.41) is 3.44. The molecule has 1 aliphatic rings. The van der Waals surface area contributed by atoms with Crippen LogP contribution in [0.4, 0.5) is 5.95 Å². The van der Waals surface area contributed by atoms with E-state index in [-0.39, 0.29) is 0 Å². The Morgan fingerprint density at radius 1 is 1.47 bits per heavy atom. The van der Waals surface area contributed by atoms with Gasteiger partial charge in [0.15, 0.2) is 0 Å². The smallest absolute Gasteiger partial charge is 0.203 e. The Morgan fingerprint density at radius 2 is 2.29 bits per heavy atom. The number of hydrogen-bond donors (Lipinski definition) is 1. The lowest BCUT2D eigenvalue weighted by Gasteiger charge is -2.30. The third-order valence-electron chi connectivity index (χ3n) is 3.81. The number of imidazole rings is 1. The minimum atomic E-state index is 0.446. The molecule has 17 heavy (non-hydrogen) atoms. The summed E-state index contributed by atoms with van der Waals surface area (Å²) in [4.78, 5) is 4.43. The summed E-state index contributed by atoms with van der Waals surface area (Å²) in [6, 6.07) is 1.10. The van der Waals surface area contributed by atoms with Gasteiger partial charge in [0.1, 0.15) is 0 Å². The number of anilines is 1. The van der Waals surface area contributed by atoms with Crippen LogP contribution in [0.5, 0.6) is 0 Å². The minimum absolute atomic E-state index is 0.446. The van der Waals surface area contributed by atoms with Crippen LogP contribution in [0, 0.1) is 5.92 Å². The molecule has 3 heteroatoms. The average Bonchev–Trinajstić information content (AvgIpc) is 2.76. The van der Waals surface area contributed by atoms with E-state index < -0.39 is 0 Å². The second-order valence-electron chi connectivity index (χ2n) is 5.55. The Balaban J connectivity index is 2.08. The molecule has 1 saturated carbocycles. The van der Waals surface area contributed by atoms with Gasteiger partial charge >= 0.3 is 0 Å². The van der Waals surface area contributed by atoms with E-state index in [0.717, 1.165) is 11.9 Å². The van der Waals surface area contributed by atoms with Crippen LogP contribution >= 0.6 is 0 Å². The predicted octanol–water partition coefficient (Wildman–Crippen LogP) is 3.84. The van der Waals surface area contributed by atoms with Crippen molar-refractivity contribution < 1.29 is 0 Å². The van der Waals surface area contributed by atoms with Crippen molar-refractivity contribution in [3.05, 3.63) is 12.4 Å². The molecule has 0 saturated heterocycles. The second kappa shape index (κ2) is 5.56. The Labute approximate surface area is 105 Å². The van der Waals surface area contributed by atoms with Gasteiger partial charge in [-0.05, 0) is 32.6 Å². The van der Waals surface area contributed by atoms with Gasteiger partial charge in [0.2, 0.25) is 5.95 Å². The Kier molecular flexibility index (Phi) is 4.08. The molecular weight excluding hydrogens is 210 g/mol. The summed E-state index contributed by atoms with van der Waals surface area (Å²) in [6.07, 6.45) is 10.8. The van der Waals surface area contributed by atoms with E-state index in [1.54, 1.807) is 0 Å². The van der Waals surface area contributed by atoms with E-state index >= 15 is 0 Å². The van der Waals surface area contributed by atoms with E-state index in [1.165, 1.54) is 32.1 Å². The third kappa shape index (κ3) is 3.02. The number of nitrogens with zero attached hydrogens (tertiary/aromatic N) is 2. The highest BCUT2D eigenvalue weighted by molar-refractivity contribution is 5.27. The number of aromatic nitrogens is 2. The van der Waals surface area contributed by atoms with Crippen LogP contribution in [0.3, 0.4) is 0 Å². The van der Waals surface area contributed by atoms with E-state index in [2.05, 4.69) is 41.8 Å². The highest BCUT2D eigenvalue weighted by atomic mass is 15.2. The fourth-order valence-electron chi connectivity index (χ4n) is 2.86. The van der Waals surface area contributed by atoms with Gasteiger partial charge in [0.05, 0.1) is 0 Å². The van der Waals surface area contributed by atoms with E-state index in [9.17, 15) is 0 Å². The SMILES string of the molecule is CCC1CCCC(n2ccnc2NC(C)C)C1. The van der Waals surface area contributed by atoms with Crippen LogP contribution in [0.15, 0.2) is 12.4 Å². The quantitative estimate of drug-likeness (QED) is 0.859. The molecule has 0 radical (unpaired) electrons. The van der Waals surface area contributed by atoms with Crippen molar-refractivity contribution in [2.45, 2.75) is 65.0 Å². The lowest BCUT2D eigenvalue weighted by Crippen LogP contribution is -2.22. The minimum Gasteiger partial charge on any atom is -0.353 e. The third-order valence-corrected chi connectivity index (χ3v) is 3.81. The maximum Gasteiger partial charge on any atom is 0.203 e. The van der Waals surface area contributed by atoms with Gasteiger partial charge in [0.25, 0.3) is 0 Å². The molecule has 1 aromatic rings. The lowest BCUT2D eigenvalue weighted by molar-refractivity contribution is 0.263. The van der Waals surface area contributed by atoms with Crippen LogP contribution in [0.2, 0.25) is 0 Å². The zero-order chi connectivity index (χ0) is 12.3. The summed E-state index contributed by atoms with van der Waals surface area (Å²) in [5.74, 6) is 1.95. The van der Waals surface area contributed by atoms with Gasteiger partial charge in [0, 0.05) is 24.5 Å². The highest BCUT2D eigenvalue weighted by Crippen LogP contribution is 2.35. The molecule has 1 fully saturated rings. The number of hydrogen-bond acceptors (Lipinski definition) is 2. The largest absolute Gasteiger partial charge is 0.353 e. The van der Waals surface area contributed by atoms with Gasteiger partial charge in [-0.15, -0.1) is 0 Å². The molecule has 2 atom stereocenters. The fraction of sp³-hybridized carbons (Fsp3) is 0.786. The maximum atomic E-state index is 4.43. The van der Waals surface area contributed by atoms with Gasteiger partial charge in [-0.3, -0.25) is 0 Å². The summed E-state index contributed by atoms with van der Waals surface area (Å²) < 4.78 is 2.35. The Morgan fingerprint density at radius 3 is 3.00 bits per heavy atom. The van der Waals surface area contributed by atoms with Crippen LogP contribution in [0.25, 0.3) is 0 Å². The Hall–Kier alpha value is -0.990. The van der Waals surface area contributed by atoms with Crippen molar-refractivity contribution in [2.24, 2.45) is 5.92 Å². The van der Waals surface area contributed by atoms with Crippen molar-refractivity contribution in [2.75, 3.05) is 5.32 Å². The molecule has 96 valence electrons. The zero-order valence-corrected chi connectivity index (χ0v) is 11.3. The van der Waals surface area contributed by atoms with Gasteiger partial charge in [-0.25, -0.2) is 4.98 Å². The number of nitrogens with one attached hydrogen (secondary N) is 1. The topological polar surface area (TPSA) is 29.9 Å². The fourth-order valence-corrected chi connectivity index (χ4v) is 2.86. The predicted molar refractivity (Wildman–Crippen MR) is 72.3 cm³/mol. The first-order chi connectivity index (χ1) is 8.20. The van der Waals surface area contributed by atoms with Gasteiger partial charge < -0.3 is 9.88 Å². The van der Waals surface area contributed by atoms with E-state index in [1.807, 2.05) is 6.20 Å². The van der Waals surface area contributed by atoms with Crippen molar-refractivity contribution in [3.63, 3.8) is 0 Å². The average molecular weight is 235 g/mol. The summed E-state index contributed by atoms with van der Waals surface area (Å²) in [5.41, 5.74) is 0. The van der Waals surface area contributed by atoms with Gasteiger partial charge in [-0.2, -0.15) is 0 Å². The molecule has 0 aromatic carbocycles. The lowest BCUT2D eigenvalue weighted by atomic mass is 9.84. The van der Waals surface area contributed by atoms with Crippen molar-refractivity contribution in [1.29, 1.82) is 0 Å². The normalized spacial score (nSPS) is 25.2. The first-order valence-corrected chi connectivity index (χ1v) is 7.00. The summed E-state index contributed by atoms with van der Waals surface area (Å²) in [6.45, 7) is 6.64. The molecule has 1 aliphatic carbocycles. The van der Waals surface area contributed by atoms with E-state index in [0.29, 0.717) is 12.1 Å². The molecule has 1 heterocycles. The highest BCUT2D eigenvalue weighted by Gasteiger charge is 2.23. The first-order valence-electron chi connectivity index (χ1n) is 7.00. The summed E-state index contributed by atoms with van der Waals surface area (Å²) >= 11 is 0. The number of rotatable bonds is 4. The van der Waals surface area contributed by atoms with Crippen molar-refractivity contribution in [1.82, 2.24) is 9.55 Å². The molecule has 0 spiro atoms. The molecule has 0 aliphatic heterocycles. The van der Waals surface area contributed by atoms with Crippen molar-refractivity contribution in [3.8, 4) is 0 Å². The van der Waals surface area contributed by atoms with Crippen LogP contribution in [-0.2, 0) is 0 Å². The molecular formula is C14H25N3. The molecule has 3 nitrogen and oxygen atoms in total. The van der Waals surface area contributed by atoms with E-state index in [4.69, 9.17) is 0 Å². The van der Waals surface area contributed by atoms with Crippen LogP contribution < -0.4 is 5.32 Å². The Bertz CT molecular complexity index is 343. The molecule has 0 bridgehead atoms.